The van der Waals surface area contributed by atoms with Crippen molar-refractivity contribution in [2.75, 3.05) is 5.32 Å². The van der Waals surface area contributed by atoms with Gasteiger partial charge in [-0.3, -0.25) is 0 Å². The Morgan fingerprint density at radius 3 is 2.63 bits per heavy atom. The molecule has 1 unspecified atom stereocenters. The lowest BCUT2D eigenvalue weighted by atomic mass is 10.0. The lowest BCUT2D eigenvalue weighted by Crippen LogP contribution is -2.14. The topological polar surface area (TPSA) is 37.8 Å². The van der Waals surface area contributed by atoms with Crippen LogP contribution in [0.25, 0.3) is 0 Å². The largest absolute Gasteiger partial charge is 0.362 e. The fourth-order valence-corrected chi connectivity index (χ4v) is 2.30. The van der Waals surface area contributed by atoms with Crippen LogP contribution in [0, 0.1) is 11.7 Å². The molecule has 1 aliphatic rings. The average Bonchev–Trinajstić information content (AvgIpc) is 3.24. The monoisotopic (exact) mass is 277 g/mol. The summed E-state index contributed by atoms with van der Waals surface area (Å²) in [6.45, 7) is 0. The Balaban J connectivity index is 1.86. The standard InChI is InChI=1S/C14H13ClFN3/c15-12-7-17-8-18-14(12)19-13(9-1-2-9)10-3-5-11(16)6-4-10/h3-9,13H,1-2H2,(H,17,18,19). The molecule has 0 spiro atoms. The van der Waals surface area contributed by atoms with Crippen molar-refractivity contribution in [1.29, 1.82) is 0 Å². The van der Waals surface area contributed by atoms with Crippen LogP contribution < -0.4 is 5.32 Å². The second-order valence-corrected chi connectivity index (χ2v) is 5.14. The first kappa shape index (κ1) is 12.4. The number of hydrogen-bond acceptors (Lipinski definition) is 3. The molecule has 1 atom stereocenters. The summed E-state index contributed by atoms with van der Waals surface area (Å²) >= 11 is 6.06. The van der Waals surface area contributed by atoms with Gasteiger partial charge in [0.2, 0.25) is 0 Å². The number of nitrogens with zero attached hydrogens (tertiary/aromatic N) is 2. The maximum atomic E-state index is 13.0. The number of benzene rings is 1. The molecule has 0 aliphatic heterocycles. The summed E-state index contributed by atoms with van der Waals surface area (Å²) in [6.07, 6.45) is 5.35. The molecule has 3 nitrogen and oxygen atoms in total. The Hall–Kier alpha value is -1.68. The van der Waals surface area contributed by atoms with Gasteiger partial charge in [0.15, 0.2) is 0 Å². The Bertz CT molecular complexity index is 569. The fourth-order valence-electron chi connectivity index (χ4n) is 2.14. The highest BCUT2D eigenvalue weighted by molar-refractivity contribution is 6.32. The molecule has 5 heteroatoms. The Morgan fingerprint density at radius 1 is 1.26 bits per heavy atom. The predicted molar refractivity (Wildman–Crippen MR) is 72.5 cm³/mol. The molecule has 1 aromatic carbocycles. The van der Waals surface area contributed by atoms with Crippen LogP contribution in [0.2, 0.25) is 5.02 Å². The molecule has 1 heterocycles. The quantitative estimate of drug-likeness (QED) is 0.923. The summed E-state index contributed by atoms with van der Waals surface area (Å²) in [5.74, 6) is 0.952. The molecule has 2 aromatic rings. The van der Waals surface area contributed by atoms with E-state index in [9.17, 15) is 4.39 Å². The Labute approximate surface area is 115 Å². The number of nitrogens with one attached hydrogen (secondary N) is 1. The molecule has 0 saturated heterocycles. The van der Waals surface area contributed by atoms with Gasteiger partial charge >= 0.3 is 0 Å². The van der Waals surface area contributed by atoms with Crippen LogP contribution in [0.3, 0.4) is 0 Å². The van der Waals surface area contributed by atoms with Crippen molar-refractivity contribution in [3.63, 3.8) is 0 Å². The van der Waals surface area contributed by atoms with Gasteiger partial charge in [-0.2, -0.15) is 0 Å². The molecule has 19 heavy (non-hydrogen) atoms. The van der Waals surface area contributed by atoms with Crippen LogP contribution >= 0.6 is 11.6 Å². The number of hydrogen-bond donors (Lipinski definition) is 1. The predicted octanol–water partition coefficient (Wildman–Crippen LogP) is 3.83. The van der Waals surface area contributed by atoms with E-state index in [1.54, 1.807) is 18.3 Å². The van der Waals surface area contributed by atoms with E-state index in [0.29, 0.717) is 16.8 Å². The van der Waals surface area contributed by atoms with Crippen molar-refractivity contribution in [1.82, 2.24) is 9.97 Å². The van der Waals surface area contributed by atoms with Crippen molar-refractivity contribution < 1.29 is 4.39 Å². The van der Waals surface area contributed by atoms with E-state index in [0.717, 1.165) is 18.4 Å². The molecule has 1 N–H and O–H groups in total. The second-order valence-electron chi connectivity index (χ2n) is 4.73. The van der Waals surface area contributed by atoms with Crippen molar-refractivity contribution in [2.24, 2.45) is 5.92 Å². The highest BCUT2D eigenvalue weighted by Crippen LogP contribution is 2.43. The van der Waals surface area contributed by atoms with E-state index < -0.39 is 0 Å². The third-order valence-electron chi connectivity index (χ3n) is 3.28. The lowest BCUT2D eigenvalue weighted by Gasteiger charge is -2.19. The molecule has 0 bridgehead atoms. The van der Waals surface area contributed by atoms with Crippen molar-refractivity contribution in [2.45, 2.75) is 18.9 Å². The zero-order valence-corrected chi connectivity index (χ0v) is 10.9. The van der Waals surface area contributed by atoms with Crippen LogP contribution in [0.15, 0.2) is 36.8 Å². The third kappa shape index (κ3) is 2.84. The van der Waals surface area contributed by atoms with Gasteiger partial charge in [-0.05, 0) is 36.5 Å². The van der Waals surface area contributed by atoms with Crippen molar-refractivity contribution in [3.05, 3.63) is 53.2 Å². The first-order valence-corrected chi connectivity index (χ1v) is 6.59. The van der Waals surface area contributed by atoms with Crippen LogP contribution in [-0.4, -0.2) is 9.97 Å². The summed E-state index contributed by atoms with van der Waals surface area (Å²) in [5, 5.41) is 3.84. The van der Waals surface area contributed by atoms with Gasteiger partial charge in [-0.1, -0.05) is 23.7 Å². The average molecular weight is 278 g/mol. The lowest BCUT2D eigenvalue weighted by molar-refractivity contribution is 0.622. The molecule has 3 rings (SSSR count). The van der Waals surface area contributed by atoms with E-state index in [4.69, 9.17) is 11.6 Å². The molecule has 1 aromatic heterocycles. The summed E-state index contributed by atoms with van der Waals surface area (Å²) < 4.78 is 13.0. The highest BCUT2D eigenvalue weighted by Gasteiger charge is 2.32. The normalized spacial score (nSPS) is 16.1. The van der Waals surface area contributed by atoms with Crippen LogP contribution in [0.5, 0.6) is 0 Å². The molecular formula is C14H13ClFN3. The Kier molecular flexibility index (Phi) is 3.34. The Morgan fingerprint density at radius 2 is 2.00 bits per heavy atom. The summed E-state index contributed by atoms with van der Waals surface area (Å²) in [6, 6.07) is 6.69. The van der Waals surface area contributed by atoms with E-state index in [1.807, 2.05) is 0 Å². The number of halogens is 2. The number of anilines is 1. The maximum Gasteiger partial charge on any atom is 0.148 e. The van der Waals surface area contributed by atoms with Gasteiger partial charge in [0, 0.05) is 0 Å². The zero-order chi connectivity index (χ0) is 13.2. The molecular weight excluding hydrogens is 265 g/mol. The van der Waals surface area contributed by atoms with Gasteiger partial charge in [0.05, 0.1) is 12.2 Å². The summed E-state index contributed by atoms with van der Waals surface area (Å²) in [7, 11) is 0. The van der Waals surface area contributed by atoms with E-state index in [2.05, 4.69) is 15.3 Å². The van der Waals surface area contributed by atoms with Crippen molar-refractivity contribution >= 4 is 17.4 Å². The summed E-state index contributed by atoms with van der Waals surface area (Å²) in [5.41, 5.74) is 1.05. The first-order chi connectivity index (χ1) is 9.24. The first-order valence-electron chi connectivity index (χ1n) is 6.21. The van der Waals surface area contributed by atoms with E-state index >= 15 is 0 Å². The van der Waals surface area contributed by atoms with Crippen LogP contribution in [-0.2, 0) is 0 Å². The fraction of sp³-hybridized carbons (Fsp3) is 0.286. The van der Waals surface area contributed by atoms with Gasteiger partial charge < -0.3 is 5.32 Å². The summed E-state index contributed by atoms with van der Waals surface area (Å²) in [4.78, 5) is 8.01. The second kappa shape index (κ2) is 5.13. The van der Waals surface area contributed by atoms with Crippen LogP contribution in [0.1, 0.15) is 24.4 Å². The van der Waals surface area contributed by atoms with Crippen molar-refractivity contribution in [3.8, 4) is 0 Å². The SMILES string of the molecule is Fc1ccc(C(Nc2ncncc2Cl)C2CC2)cc1. The van der Waals surface area contributed by atoms with Gasteiger partial charge in [-0.15, -0.1) is 0 Å². The molecule has 1 saturated carbocycles. The molecule has 98 valence electrons. The molecule has 0 amide bonds. The van der Waals surface area contributed by atoms with Gasteiger partial charge in [0.1, 0.15) is 23.0 Å². The smallest absolute Gasteiger partial charge is 0.148 e. The minimum atomic E-state index is -0.224. The third-order valence-corrected chi connectivity index (χ3v) is 3.56. The van der Waals surface area contributed by atoms with E-state index in [-0.39, 0.29) is 11.9 Å². The van der Waals surface area contributed by atoms with E-state index in [1.165, 1.54) is 18.5 Å². The maximum absolute atomic E-state index is 13.0. The minimum Gasteiger partial charge on any atom is -0.362 e. The van der Waals surface area contributed by atoms with Gasteiger partial charge in [-0.25, -0.2) is 14.4 Å². The van der Waals surface area contributed by atoms with Gasteiger partial charge in [0.25, 0.3) is 0 Å². The number of rotatable bonds is 4. The minimum absolute atomic E-state index is 0.119. The molecule has 1 fully saturated rings. The molecule has 0 radical (unpaired) electrons. The molecule has 1 aliphatic carbocycles. The zero-order valence-electron chi connectivity index (χ0n) is 10.2. The van der Waals surface area contributed by atoms with Crippen LogP contribution in [0.4, 0.5) is 10.2 Å². The highest BCUT2D eigenvalue weighted by atomic mass is 35.5. The number of aromatic nitrogens is 2.